The van der Waals surface area contributed by atoms with Crippen molar-refractivity contribution >= 4 is 5.97 Å². The fourth-order valence-electron chi connectivity index (χ4n) is 2.93. The van der Waals surface area contributed by atoms with Crippen LogP contribution in [0.4, 0.5) is 0 Å². The lowest BCUT2D eigenvalue weighted by molar-refractivity contribution is 0.0660. The minimum absolute atomic E-state index is 0.0119. The van der Waals surface area contributed by atoms with Gasteiger partial charge in [0.2, 0.25) is 5.76 Å². The van der Waals surface area contributed by atoms with Gasteiger partial charge in [-0.3, -0.25) is 0 Å². The molecule has 0 aliphatic heterocycles. The zero-order valence-electron chi connectivity index (χ0n) is 11.5. The molecule has 0 saturated heterocycles. The van der Waals surface area contributed by atoms with Crippen LogP contribution in [0, 0.1) is 11.8 Å². The average molecular weight is 265 g/mol. The molecule has 2 atom stereocenters. The van der Waals surface area contributed by atoms with Crippen LogP contribution in [0.25, 0.3) is 0 Å². The van der Waals surface area contributed by atoms with Gasteiger partial charge in [0.25, 0.3) is 0 Å². The predicted molar refractivity (Wildman–Crippen MR) is 73.1 cm³/mol. The Morgan fingerprint density at radius 3 is 3.00 bits per heavy atom. The second-order valence-corrected chi connectivity index (χ2v) is 5.67. The second kappa shape index (κ2) is 6.75. The molecular weight excluding hydrogens is 242 g/mol. The molecule has 0 bridgehead atoms. The highest BCUT2D eigenvalue weighted by molar-refractivity contribution is 5.84. The first-order valence-corrected chi connectivity index (χ1v) is 7.18. The number of carbonyl (C=O) groups is 1. The SMILES string of the molecule is CC1CCCC(CCNCc2ccc(C(=O)O)o2)C1. The summed E-state index contributed by atoms with van der Waals surface area (Å²) in [5.74, 6) is 1.42. The third-order valence-electron chi connectivity index (χ3n) is 3.95. The Hall–Kier alpha value is -1.29. The maximum atomic E-state index is 10.7. The summed E-state index contributed by atoms with van der Waals surface area (Å²) < 4.78 is 5.19. The van der Waals surface area contributed by atoms with Gasteiger partial charge in [-0.05, 0) is 43.4 Å². The molecule has 2 unspecified atom stereocenters. The lowest BCUT2D eigenvalue weighted by Crippen LogP contribution is -2.20. The van der Waals surface area contributed by atoms with Crippen LogP contribution in [0.5, 0.6) is 0 Å². The van der Waals surface area contributed by atoms with E-state index in [1.807, 2.05) is 0 Å². The van der Waals surface area contributed by atoms with Crippen LogP contribution >= 0.6 is 0 Å². The van der Waals surface area contributed by atoms with Gasteiger partial charge in [-0.2, -0.15) is 0 Å². The van der Waals surface area contributed by atoms with E-state index in [4.69, 9.17) is 9.52 Å². The summed E-state index contributed by atoms with van der Waals surface area (Å²) in [7, 11) is 0. The Kier molecular flexibility index (Phi) is 5.02. The molecule has 1 heterocycles. The molecule has 1 aromatic heterocycles. The van der Waals surface area contributed by atoms with Crippen LogP contribution in [0.15, 0.2) is 16.5 Å². The standard InChI is InChI=1S/C15H23NO3/c1-11-3-2-4-12(9-11)7-8-16-10-13-5-6-14(19-13)15(17)18/h5-6,11-12,16H,2-4,7-10H2,1H3,(H,17,18). The molecule has 0 radical (unpaired) electrons. The molecular formula is C15H23NO3. The quantitative estimate of drug-likeness (QED) is 0.775. The highest BCUT2D eigenvalue weighted by Gasteiger charge is 2.18. The lowest BCUT2D eigenvalue weighted by atomic mass is 9.81. The van der Waals surface area contributed by atoms with Gasteiger partial charge >= 0.3 is 5.97 Å². The number of carboxylic acid groups (broad SMARTS) is 1. The van der Waals surface area contributed by atoms with E-state index in [1.54, 1.807) is 6.07 Å². The summed E-state index contributed by atoms with van der Waals surface area (Å²) >= 11 is 0. The molecule has 0 aromatic carbocycles. The zero-order valence-corrected chi connectivity index (χ0v) is 11.5. The van der Waals surface area contributed by atoms with Gasteiger partial charge in [-0.25, -0.2) is 4.79 Å². The molecule has 2 rings (SSSR count). The first kappa shape index (κ1) is 14.1. The molecule has 4 heteroatoms. The van der Waals surface area contributed by atoms with Gasteiger partial charge < -0.3 is 14.8 Å². The van der Waals surface area contributed by atoms with Crippen molar-refractivity contribution in [3.05, 3.63) is 23.7 Å². The molecule has 1 fully saturated rings. The van der Waals surface area contributed by atoms with Crippen molar-refractivity contribution in [2.75, 3.05) is 6.54 Å². The molecule has 1 aliphatic rings. The summed E-state index contributed by atoms with van der Waals surface area (Å²) in [4.78, 5) is 10.7. The van der Waals surface area contributed by atoms with Crippen molar-refractivity contribution in [3.8, 4) is 0 Å². The number of hydrogen-bond donors (Lipinski definition) is 2. The molecule has 106 valence electrons. The molecule has 0 spiro atoms. The Morgan fingerprint density at radius 2 is 2.32 bits per heavy atom. The van der Waals surface area contributed by atoms with Crippen LogP contribution < -0.4 is 5.32 Å². The van der Waals surface area contributed by atoms with E-state index >= 15 is 0 Å². The number of rotatable bonds is 6. The van der Waals surface area contributed by atoms with Gasteiger partial charge in [0.05, 0.1) is 6.54 Å². The van der Waals surface area contributed by atoms with Crippen molar-refractivity contribution in [1.29, 1.82) is 0 Å². The highest BCUT2D eigenvalue weighted by Crippen LogP contribution is 2.30. The smallest absolute Gasteiger partial charge is 0.371 e. The molecule has 1 aliphatic carbocycles. The summed E-state index contributed by atoms with van der Waals surface area (Å²) in [6.45, 7) is 3.92. The van der Waals surface area contributed by atoms with Crippen LogP contribution in [0.1, 0.15) is 55.3 Å². The minimum Gasteiger partial charge on any atom is -0.475 e. The molecule has 1 saturated carbocycles. The minimum atomic E-state index is -1.01. The van der Waals surface area contributed by atoms with Crippen LogP contribution in [0.3, 0.4) is 0 Å². The van der Waals surface area contributed by atoms with Crippen molar-refractivity contribution in [2.45, 2.75) is 45.6 Å². The summed E-state index contributed by atoms with van der Waals surface area (Å²) in [5.41, 5.74) is 0. The summed E-state index contributed by atoms with van der Waals surface area (Å²) in [6, 6.07) is 3.22. The highest BCUT2D eigenvalue weighted by atomic mass is 16.4. The van der Waals surface area contributed by atoms with Crippen molar-refractivity contribution < 1.29 is 14.3 Å². The number of carboxylic acids is 1. The maximum absolute atomic E-state index is 10.7. The monoisotopic (exact) mass is 265 g/mol. The van der Waals surface area contributed by atoms with Gasteiger partial charge in [-0.15, -0.1) is 0 Å². The molecule has 19 heavy (non-hydrogen) atoms. The second-order valence-electron chi connectivity index (χ2n) is 5.67. The van der Waals surface area contributed by atoms with Gasteiger partial charge in [0, 0.05) is 0 Å². The van der Waals surface area contributed by atoms with Gasteiger partial charge in [-0.1, -0.05) is 26.2 Å². The topological polar surface area (TPSA) is 62.5 Å². The third-order valence-corrected chi connectivity index (χ3v) is 3.95. The molecule has 1 aromatic rings. The van der Waals surface area contributed by atoms with Crippen molar-refractivity contribution in [2.24, 2.45) is 11.8 Å². The normalized spacial score (nSPS) is 23.4. The Labute approximate surface area is 114 Å². The average Bonchev–Trinajstić information content (AvgIpc) is 2.84. The molecule has 2 N–H and O–H groups in total. The van der Waals surface area contributed by atoms with Crippen LogP contribution in [0.2, 0.25) is 0 Å². The fourth-order valence-corrected chi connectivity index (χ4v) is 2.93. The summed E-state index contributed by atoms with van der Waals surface area (Å²) in [6.07, 6.45) is 6.67. The van der Waals surface area contributed by atoms with E-state index in [-0.39, 0.29) is 5.76 Å². The lowest BCUT2D eigenvalue weighted by Gasteiger charge is -2.26. The van der Waals surface area contributed by atoms with Crippen molar-refractivity contribution in [1.82, 2.24) is 5.32 Å². The molecule has 4 nitrogen and oxygen atoms in total. The van der Waals surface area contributed by atoms with Crippen LogP contribution in [-0.4, -0.2) is 17.6 Å². The zero-order chi connectivity index (χ0) is 13.7. The van der Waals surface area contributed by atoms with E-state index in [2.05, 4.69) is 12.2 Å². The number of aromatic carboxylic acids is 1. The van der Waals surface area contributed by atoms with E-state index < -0.39 is 5.97 Å². The fraction of sp³-hybridized carbons (Fsp3) is 0.667. The number of hydrogen-bond acceptors (Lipinski definition) is 3. The Bertz CT molecular complexity index is 413. The van der Waals surface area contributed by atoms with E-state index in [9.17, 15) is 4.79 Å². The first-order valence-electron chi connectivity index (χ1n) is 7.18. The van der Waals surface area contributed by atoms with E-state index in [1.165, 1.54) is 38.2 Å². The number of furan rings is 1. The van der Waals surface area contributed by atoms with Crippen LogP contribution in [-0.2, 0) is 6.54 Å². The summed E-state index contributed by atoms with van der Waals surface area (Å²) in [5, 5.41) is 12.1. The van der Waals surface area contributed by atoms with Gasteiger partial charge in [0.15, 0.2) is 0 Å². The van der Waals surface area contributed by atoms with Gasteiger partial charge in [0.1, 0.15) is 5.76 Å². The predicted octanol–water partition coefficient (Wildman–Crippen LogP) is 3.28. The van der Waals surface area contributed by atoms with E-state index in [0.29, 0.717) is 12.3 Å². The van der Waals surface area contributed by atoms with E-state index in [0.717, 1.165) is 18.4 Å². The van der Waals surface area contributed by atoms with Crippen molar-refractivity contribution in [3.63, 3.8) is 0 Å². The largest absolute Gasteiger partial charge is 0.475 e. The first-order chi connectivity index (χ1) is 9.15. The number of nitrogens with one attached hydrogen (secondary N) is 1. The Morgan fingerprint density at radius 1 is 1.47 bits per heavy atom. The maximum Gasteiger partial charge on any atom is 0.371 e. The molecule has 0 amide bonds. The third kappa shape index (κ3) is 4.39. The Balaban J connectivity index is 1.64.